The van der Waals surface area contributed by atoms with Crippen molar-refractivity contribution in [3.8, 4) is 11.5 Å². The van der Waals surface area contributed by atoms with Crippen LogP contribution in [0.5, 0.6) is 11.5 Å². The first-order valence-corrected chi connectivity index (χ1v) is 9.67. The maximum atomic E-state index is 12.6. The molecule has 0 spiro atoms. The van der Waals surface area contributed by atoms with Crippen LogP contribution in [-0.2, 0) is 9.59 Å². The van der Waals surface area contributed by atoms with Crippen LogP contribution in [0.1, 0.15) is 6.42 Å². The lowest BCUT2D eigenvalue weighted by atomic mass is 10.1. The lowest BCUT2D eigenvalue weighted by molar-refractivity contribution is -0.122. The molecule has 3 aromatic carbocycles. The third kappa shape index (κ3) is 4.41. The summed E-state index contributed by atoms with van der Waals surface area (Å²) in [5.74, 6) is 0.692. The van der Waals surface area contributed by atoms with Crippen molar-refractivity contribution in [1.29, 1.82) is 0 Å². The van der Waals surface area contributed by atoms with Crippen molar-refractivity contribution >= 4 is 34.8 Å². The van der Waals surface area contributed by atoms with Gasteiger partial charge in [0.2, 0.25) is 11.8 Å². The largest absolute Gasteiger partial charge is 0.457 e. The van der Waals surface area contributed by atoms with Gasteiger partial charge in [-0.15, -0.1) is 0 Å². The van der Waals surface area contributed by atoms with Crippen LogP contribution < -0.4 is 15.0 Å². The maximum Gasteiger partial charge on any atom is 0.229 e. The summed E-state index contributed by atoms with van der Waals surface area (Å²) in [6.45, 7) is 0.309. The van der Waals surface area contributed by atoms with Gasteiger partial charge in [-0.3, -0.25) is 9.59 Å². The quantitative estimate of drug-likeness (QED) is 0.639. The molecule has 1 aliphatic rings. The van der Waals surface area contributed by atoms with Crippen molar-refractivity contribution in [3.05, 3.63) is 83.9 Å². The number of nitrogens with zero attached hydrogens (tertiary/aromatic N) is 1. The summed E-state index contributed by atoms with van der Waals surface area (Å²) in [5, 5.41) is 3.37. The van der Waals surface area contributed by atoms with Crippen LogP contribution in [0.4, 0.5) is 11.4 Å². The van der Waals surface area contributed by atoms with Crippen LogP contribution in [0, 0.1) is 5.92 Å². The van der Waals surface area contributed by atoms with Gasteiger partial charge in [-0.05, 0) is 48.5 Å². The Morgan fingerprint density at radius 3 is 2.31 bits per heavy atom. The first kappa shape index (κ1) is 19.0. The van der Waals surface area contributed by atoms with Crippen LogP contribution in [-0.4, -0.2) is 18.4 Å². The highest BCUT2D eigenvalue weighted by molar-refractivity contribution is 6.33. The fourth-order valence-corrected chi connectivity index (χ4v) is 3.50. The molecular weight excluding hydrogens is 388 g/mol. The number of carbonyl (C=O) groups excluding carboxylic acids is 2. The molecule has 29 heavy (non-hydrogen) atoms. The highest BCUT2D eigenvalue weighted by Gasteiger charge is 2.35. The zero-order valence-corrected chi connectivity index (χ0v) is 16.3. The third-order valence-corrected chi connectivity index (χ3v) is 5.06. The average molecular weight is 407 g/mol. The Morgan fingerprint density at radius 2 is 1.59 bits per heavy atom. The minimum atomic E-state index is -0.431. The summed E-state index contributed by atoms with van der Waals surface area (Å²) < 4.78 is 5.75. The van der Waals surface area contributed by atoms with E-state index in [9.17, 15) is 9.59 Å². The summed E-state index contributed by atoms with van der Waals surface area (Å²) in [6, 6.07) is 23.7. The van der Waals surface area contributed by atoms with Gasteiger partial charge >= 0.3 is 0 Å². The Morgan fingerprint density at radius 1 is 0.931 bits per heavy atom. The molecule has 6 heteroatoms. The fourth-order valence-electron chi connectivity index (χ4n) is 3.26. The molecule has 1 unspecified atom stereocenters. The van der Waals surface area contributed by atoms with Crippen LogP contribution in [0.3, 0.4) is 0 Å². The number of benzene rings is 3. The van der Waals surface area contributed by atoms with Gasteiger partial charge in [-0.25, -0.2) is 0 Å². The first-order chi connectivity index (χ1) is 14.1. The van der Waals surface area contributed by atoms with Crippen molar-refractivity contribution in [2.75, 3.05) is 16.8 Å². The van der Waals surface area contributed by atoms with Gasteiger partial charge in [-0.2, -0.15) is 0 Å². The standard InChI is InChI=1S/C23H19ClN2O3/c24-20-8-4-5-9-21(20)26-15-16(14-22(26)27)23(28)25-17-10-12-19(13-11-17)29-18-6-2-1-3-7-18/h1-13,16H,14-15H2,(H,25,28). The number of carbonyl (C=O) groups is 2. The van der Waals surface area contributed by atoms with Crippen LogP contribution in [0.25, 0.3) is 0 Å². The van der Waals surface area contributed by atoms with Crippen molar-refractivity contribution < 1.29 is 14.3 Å². The highest BCUT2D eigenvalue weighted by atomic mass is 35.5. The molecule has 0 radical (unpaired) electrons. The molecule has 1 aliphatic heterocycles. The van der Waals surface area contributed by atoms with E-state index >= 15 is 0 Å². The Bertz CT molecular complexity index is 1020. The molecule has 0 aromatic heterocycles. The number of rotatable bonds is 5. The number of ether oxygens (including phenoxy) is 1. The Kier molecular flexibility index (Phi) is 5.49. The number of halogens is 1. The van der Waals surface area contributed by atoms with E-state index in [1.165, 1.54) is 0 Å². The van der Waals surface area contributed by atoms with Gasteiger partial charge in [0.1, 0.15) is 11.5 Å². The molecule has 4 rings (SSSR count). The molecule has 1 N–H and O–H groups in total. The van der Waals surface area contributed by atoms with E-state index in [1.54, 1.807) is 41.3 Å². The third-order valence-electron chi connectivity index (χ3n) is 4.74. The van der Waals surface area contributed by atoms with E-state index in [2.05, 4.69) is 5.32 Å². The monoisotopic (exact) mass is 406 g/mol. The van der Waals surface area contributed by atoms with Crippen molar-refractivity contribution in [2.45, 2.75) is 6.42 Å². The van der Waals surface area contributed by atoms with Crippen LogP contribution >= 0.6 is 11.6 Å². The van der Waals surface area contributed by atoms with Gasteiger partial charge in [0.25, 0.3) is 0 Å². The van der Waals surface area contributed by atoms with Crippen molar-refractivity contribution in [1.82, 2.24) is 0 Å². The maximum absolute atomic E-state index is 12.6. The molecule has 3 aromatic rings. The number of amides is 2. The number of anilines is 2. The molecular formula is C23H19ClN2O3. The Balaban J connectivity index is 1.38. The number of nitrogens with one attached hydrogen (secondary N) is 1. The smallest absolute Gasteiger partial charge is 0.229 e. The van der Waals surface area contributed by atoms with E-state index < -0.39 is 5.92 Å². The summed E-state index contributed by atoms with van der Waals surface area (Å²) in [5.41, 5.74) is 1.29. The Labute approximate surface area is 173 Å². The van der Waals surface area contributed by atoms with Gasteiger partial charge < -0.3 is 15.0 Å². The van der Waals surface area contributed by atoms with E-state index in [1.807, 2.05) is 42.5 Å². The zero-order valence-electron chi connectivity index (χ0n) is 15.5. The molecule has 0 bridgehead atoms. The number of hydrogen-bond acceptors (Lipinski definition) is 3. The van der Waals surface area contributed by atoms with Crippen molar-refractivity contribution in [3.63, 3.8) is 0 Å². The average Bonchev–Trinajstić information content (AvgIpc) is 3.12. The van der Waals surface area contributed by atoms with E-state index in [0.717, 1.165) is 5.75 Å². The van der Waals surface area contributed by atoms with Gasteiger partial charge in [0, 0.05) is 18.7 Å². The summed E-state index contributed by atoms with van der Waals surface area (Å²) in [6.07, 6.45) is 0.159. The summed E-state index contributed by atoms with van der Waals surface area (Å²) in [7, 11) is 0. The SMILES string of the molecule is O=C(Nc1ccc(Oc2ccccc2)cc1)C1CC(=O)N(c2ccccc2Cl)C1. The van der Waals surface area contributed by atoms with E-state index in [0.29, 0.717) is 28.7 Å². The molecule has 1 atom stereocenters. The van der Waals surface area contributed by atoms with Gasteiger partial charge in [0.15, 0.2) is 0 Å². The molecule has 0 aliphatic carbocycles. The van der Waals surface area contributed by atoms with Crippen molar-refractivity contribution in [2.24, 2.45) is 5.92 Å². The molecule has 1 heterocycles. The second kappa shape index (κ2) is 8.37. The summed E-state index contributed by atoms with van der Waals surface area (Å²) in [4.78, 5) is 26.6. The Hall–Kier alpha value is -3.31. The fraction of sp³-hybridized carbons (Fsp3) is 0.130. The lowest BCUT2D eigenvalue weighted by Gasteiger charge is -2.18. The number of hydrogen-bond donors (Lipinski definition) is 1. The highest BCUT2D eigenvalue weighted by Crippen LogP contribution is 2.31. The minimum Gasteiger partial charge on any atom is -0.457 e. The van der Waals surface area contributed by atoms with Crippen LogP contribution in [0.15, 0.2) is 78.9 Å². The molecule has 146 valence electrons. The molecule has 1 saturated heterocycles. The topological polar surface area (TPSA) is 58.6 Å². The van der Waals surface area contributed by atoms with Crippen LogP contribution in [0.2, 0.25) is 5.02 Å². The van der Waals surface area contributed by atoms with E-state index in [4.69, 9.17) is 16.3 Å². The summed E-state index contributed by atoms with van der Waals surface area (Å²) >= 11 is 6.19. The second-order valence-corrected chi connectivity index (χ2v) is 7.19. The molecule has 2 amide bonds. The number of para-hydroxylation sites is 2. The predicted octanol–water partition coefficient (Wildman–Crippen LogP) is 5.12. The second-order valence-electron chi connectivity index (χ2n) is 6.79. The molecule has 5 nitrogen and oxygen atoms in total. The van der Waals surface area contributed by atoms with Gasteiger partial charge in [0.05, 0.1) is 16.6 Å². The molecule has 0 saturated carbocycles. The molecule has 1 fully saturated rings. The van der Waals surface area contributed by atoms with E-state index in [-0.39, 0.29) is 18.2 Å². The lowest BCUT2D eigenvalue weighted by Crippen LogP contribution is -2.28. The minimum absolute atomic E-state index is 0.107. The normalized spacial score (nSPS) is 16.0. The predicted molar refractivity (Wildman–Crippen MR) is 113 cm³/mol. The first-order valence-electron chi connectivity index (χ1n) is 9.29. The van der Waals surface area contributed by atoms with Gasteiger partial charge in [-0.1, -0.05) is 41.9 Å². The zero-order chi connectivity index (χ0) is 20.2.